The van der Waals surface area contributed by atoms with E-state index in [1.807, 2.05) is 0 Å². The summed E-state index contributed by atoms with van der Waals surface area (Å²) in [6.45, 7) is 0.831. The highest BCUT2D eigenvalue weighted by molar-refractivity contribution is 7.92. The fourth-order valence-electron chi connectivity index (χ4n) is 1.77. The molecule has 0 spiro atoms. The summed E-state index contributed by atoms with van der Waals surface area (Å²) in [5.41, 5.74) is 0. The largest absolute Gasteiger partial charge is 0.229 e. The molecule has 0 aromatic heterocycles. The maximum atomic E-state index is 11.2. The molecule has 1 saturated heterocycles. The van der Waals surface area contributed by atoms with Crippen LogP contribution in [0.15, 0.2) is 0 Å². The van der Waals surface area contributed by atoms with Crippen LogP contribution in [0.1, 0.15) is 12.8 Å². The highest BCUT2D eigenvalue weighted by atomic mass is 32.2. The van der Waals surface area contributed by atoms with Crippen molar-refractivity contribution in [3.05, 3.63) is 6.26 Å². The number of nitrogens with zero attached hydrogens (tertiary/aromatic N) is 1. The van der Waals surface area contributed by atoms with Crippen molar-refractivity contribution < 1.29 is 16.8 Å². The Labute approximate surface area is 91.4 Å². The smallest absolute Gasteiger partial charge is 0.211 e. The van der Waals surface area contributed by atoms with Crippen LogP contribution in [0.2, 0.25) is 0 Å². The highest BCUT2D eigenvalue weighted by Gasteiger charge is 2.26. The van der Waals surface area contributed by atoms with E-state index in [0.29, 0.717) is 25.9 Å². The summed E-state index contributed by atoms with van der Waals surface area (Å²) in [4.78, 5) is 0. The quantitative estimate of drug-likeness (QED) is 0.703. The topological polar surface area (TPSA) is 71.5 Å². The lowest BCUT2D eigenvalue weighted by molar-refractivity contribution is 0.291. The maximum Gasteiger partial charge on any atom is 0.211 e. The van der Waals surface area contributed by atoms with Crippen molar-refractivity contribution in [3.8, 4) is 0 Å². The number of sulfonamides is 1. The number of rotatable bonds is 3. The lowest BCUT2D eigenvalue weighted by Gasteiger charge is -2.29. The summed E-state index contributed by atoms with van der Waals surface area (Å²) in [5.74, 6) is 0.107. The Morgan fingerprint density at radius 3 is 2.00 bits per heavy atom. The van der Waals surface area contributed by atoms with E-state index in [4.69, 9.17) is 0 Å². The van der Waals surface area contributed by atoms with Gasteiger partial charge in [-0.15, -0.1) is 0 Å². The van der Waals surface area contributed by atoms with Crippen molar-refractivity contribution in [3.63, 3.8) is 0 Å². The summed E-state index contributed by atoms with van der Waals surface area (Å²) in [6, 6.07) is 0. The molecule has 0 amide bonds. The van der Waals surface area contributed by atoms with E-state index in [-0.39, 0.29) is 11.7 Å². The van der Waals surface area contributed by atoms with Gasteiger partial charge in [0, 0.05) is 13.1 Å². The van der Waals surface area contributed by atoms with Crippen molar-refractivity contribution in [2.75, 3.05) is 25.1 Å². The Kier molecular flexibility index (Phi) is 3.78. The molecule has 1 aliphatic heterocycles. The van der Waals surface area contributed by atoms with Gasteiger partial charge in [-0.1, -0.05) is 0 Å². The van der Waals surface area contributed by atoms with E-state index in [2.05, 4.69) is 6.26 Å². The van der Waals surface area contributed by atoms with Crippen molar-refractivity contribution in [2.24, 2.45) is 5.92 Å². The first kappa shape index (κ1) is 12.9. The predicted molar refractivity (Wildman–Crippen MR) is 58.3 cm³/mol. The van der Waals surface area contributed by atoms with Crippen molar-refractivity contribution in [2.45, 2.75) is 12.8 Å². The lowest BCUT2D eigenvalue weighted by Crippen LogP contribution is -2.39. The zero-order valence-corrected chi connectivity index (χ0v) is 10.3. The molecule has 1 radical (unpaired) electrons. The standard InChI is InChI=1S/C8H16NO4S2/c1-14(10,11)7-8-3-5-9(6-4-8)15(2,12)13/h8H,1,3-7H2,2H3. The Balaban J connectivity index is 2.50. The van der Waals surface area contributed by atoms with E-state index >= 15 is 0 Å². The Bertz CT molecular complexity index is 404. The Morgan fingerprint density at radius 1 is 1.20 bits per heavy atom. The number of hydrogen-bond acceptors (Lipinski definition) is 4. The number of piperidine rings is 1. The summed E-state index contributed by atoms with van der Waals surface area (Å²) in [7, 11) is -6.32. The Morgan fingerprint density at radius 2 is 1.67 bits per heavy atom. The van der Waals surface area contributed by atoms with E-state index in [9.17, 15) is 16.8 Å². The normalized spacial score (nSPS) is 21.7. The van der Waals surface area contributed by atoms with Crippen LogP contribution >= 0.6 is 0 Å². The van der Waals surface area contributed by atoms with E-state index in [1.165, 1.54) is 10.6 Å². The molecular weight excluding hydrogens is 238 g/mol. The third-order valence-corrected chi connectivity index (χ3v) is 4.81. The zero-order valence-electron chi connectivity index (χ0n) is 8.72. The fraction of sp³-hybridized carbons (Fsp3) is 0.875. The minimum absolute atomic E-state index is 0.0468. The number of hydrogen-bond donors (Lipinski definition) is 0. The van der Waals surface area contributed by atoms with Crippen LogP contribution in [0, 0.1) is 12.2 Å². The molecule has 1 rings (SSSR count). The molecule has 0 bridgehead atoms. The molecule has 0 atom stereocenters. The second kappa shape index (κ2) is 4.39. The van der Waals surface area contributed by atoms with Gasteiger partial charge in [-0.2, -0.15) is 0 Å². The second-order valence-electron chi connectivity index (χ2n) is 4.02. The van der Waals surface area contributed by atoms with Crippen LogP contribution in [-0.2, 0) is 19.9 Å². The van der Waals surface area contributed by atoms with Crippen LogP contribution in [-0.4, -0.2) is 46.2 Å². The second-order valence-corrected chi connectivity index (χ2v) is 7.82. The van der Waals surface area contributed by atoms with Crippen LogP contribution in [0.4, 0.5) is 0 Å². The van der Waals surface area contributed by atoms with Crippen LogP contribution in [0.25, 0.3) is 0 Å². The van der Waals surface area contributed by atoms with Crippen molar-refractivity contribution in [1.82, 2.24) is 4.31 Å². The van der Waals surface area contributed by atoms with Gasteiger partial charge in [0.25, 0.3) is 0 Å². The molecule has 0 unspecified atom stereocenters. The number of sulfone groups is 1. The van der Waals surface area contributed by atoms with Gasteiger partial charge in [0.15, 0.2) is 9.84 Å². The summed E-state index contributed by atoms with van der Waals surface area (Å²) in [6.07, 6.45) is 5.44. The van der Waals surface area contributed by atoms with Gasteiger partial charge < -0.3 is 0 Å². The van der Waals surface area contributed by atoms with E-state index in [1.54, 1.807) is 0 Å². The molecule has 0 aliphatic carbocycles. The lowest BCUT2D eigenvalue weighted by atomic mass is 10.0. The Hall–Kier alpha value is -0.140. The average molecular weight is 254 g/mol. The van der Waals surface area contributed by atoms with Gasteiger partial charge >= 0.3 is 0 Å². The first-order chi connectivity index (χ1) is 6.68. The van der Waals surface area contributed by atoms with Crippen LogP contribution in [0.3, 0.4) is 0 Å². The summed E-state index contributed by atoms with van der Waals surface area (Å²) < 4.78 is 45.6. The average Bonchev–Trinajstić information content (AvgIpc) is 2.00. The molecule has 0 aromatic rings. The van der Waals surface area contributed by atoms with Gasteiger partial charge in [0.1, 0.15) is 0 Å². The molecule has 0 N–H and O–H groups in total. The van der Waals surface area contributed by atoms with Crippen LogP contribution in [0.5, 0.6) is 0 Å². The highest BCUT2D eigenvalue weighted by Crippen LogP contribution is 2.20. The molecule has 7 heteroatoms. The third-order valence-electron chi connectivity index (χ3n) is 2.53. The molecule has 15 heavy (non-hydrogen) atoms. The van der Waals surface area contributed by atoms with Crippen molar-refractivity contribution in [1.29, 1.82) is 0 Å². The first-order valence-corrected chi connectivity index (χ1v) is 8.36. The molecule has 0 aromatic carbocycles. The van der Waals surface area contributed by atoms with Gasteiger partial charge in [-0.05, 0) is 18.8 Å². The van der Waals surface area contributed by atoms with E-state index in [0.717, 1.165) is 0 Å². The molecular formula is C8H16NO4S2. The molecule has 89 valence electrons. The monoisotopic (exact) mass is 254 g/mol. The SMILES string of the molecule is [CH2]S(=O)(=O)CC1CCN(S(C)(=O)=O)CC1. The molecule has 1 heterocycles. The van der Waals surface area contributed by atoms with E-state index < -0.39 is 19.9 Å². The minimum Gasteiger partial charge on any atom is -0.229 e. The molecule has 0 saturated carbocycles. The van der Waals surface area contributed by atoms with Gasteiger partial charge in [-0.25, -0.2) is 21.1 Å². The summed E-state index contributed by atoms with van der Waals surface area (Å²) >= 11 is 0. The van der Waals surface area contributed by atoms with Gasteiger partial charge in [-0.3, -0.25) is 0 Å². The van der Waals surface area contributed by atoms with Gasteiger partial charge in [0.05, 0.1) is 18.3 Å². The summed E-state index contributed by atoms with van der Waals surface area (Å²) in [5, 5.41) is 0. The first-order valence-electron chi connectivity index (χ1n) is 4.69. The molecule has 1 aliphatic rings. The van der Waals surface area contributed by atoms with Crippen molar-refractivity contribution >= 4 is 19.9 Å². The van der Waals surface area contributed by atoms with Gasteiger partial charge in [0.2, 0.25) is 10.0 Å². The minimum atomic E-state index is -3.19. The maximum absolute atomic E-state index is 11.2. The molecule has 1 fully saturated rings. The molecule has 5 nitrogen and oxygen atoms in total. The third kappa shape index (κ3) is 4.48. The predicted octanol–water partition coefficient (Wildman–Crippen LogP) is -0.136. The zero-order chi connectivity index (χ0) is 11.7. The van der Waals surface area contributed by atoms with Crippen LogP contribution < -0.4 is 0 Å². The fourth-order valence-corrected chi connectivity index (χ4v) is 3.69.